The van der Waals surface area contributed by atoms with Gasteiger partial charge in [-0.05, 0) is 44.2 Å². The second kappa shape index (κ2) is 7.75. The van der Waals surface area contributed by atoms with Gasteiger partial charge in [0, 0.05) is 23.6 Å². The molecule has 0 saturated carbocycles. The molecule has 2 aromatic rings. The number of rotatable bonds is 6. The lowest BCUT2D eigenvalue weighted by Gasteiger charge is -2.14. The number of anilines is 1. The number of fused-ring (bicyclic) bond motifs is 1. The maximum absolute atomic E-state index is 12.6. The summed E-state index contributed by atoms with van der Waals surface area (Å²) < 4.78 is 59.5. The zero-order valence-corrected chi connectivity index (χ0v) is 16.1. The molecule has 0 aliphatic carbocycles. The molecule has 0 radical (unpaired) electrons. The van der Waals surface area contributed by atoms with Gasteiger partial charge in [0.15, 0.2) is 0 Å². The average Bonchev–Trinajstić information content (AvgIpc) is 3.01. The molecule has 6 nitrogen and oxygen atoms in total. The molecule has 0 saturated heterocycles. The molecule has 9 heteroatoms. The third-order valence-corrected chi connectivity index (χ3v) is 5.62. The van der Waals surface area contributed by atoms with Crippen LogP contribution in [0, 0.1) is 0 Å². The molecular formula is C19H19F2NO5S. The highest BCUT2D eigenvalue weighted by atomic mass is 32.2. The standard InChI is InChI=1S/C19H19F2NO5S/c1-3-26-17-9-13-8-11(2)27-16(13)10-15(17)22-18(23)12-4-6-14(7-5-12)28(24,25)19(20)21/h4-7,9-11,19H,3,8H2,1-2H3,(H,22,23). The molecule has 1 aliphatic heterocycles. The number of halogens is 2. The quantitative estimate of drug-likeness (QED) is 0.785. The summed E-state index contributed by atoms with van der Waals surface area (Å²) in [5.41, 5.74) is 1.50. The fraction of sp³-hybridized carbons (Fsp3) is 0.316. The lowest BCUT2D eigenvalue weighted by molar-refractivity contribution is 0.102. The molecule has 28 heavy (non-hydrogen) atoms. The van der Waals surface area contributed by atoms with Crippen LogP contribution in [0.5, 0.6) is 11.5 Å². The lowest BCUT2D eigenvalue weighted by Crippen LogP contribution is -2.14. The number of alkyl halides is 2. The van der Waals surface area contributed by atoms with E-state index in [1.807, 2.05) is 19.9 Å². The van der Waals surface area contributed by atoms with E-state index in [2.05, 4.69) is 5.32 Å². The largest absolute Gasteiger partial charge is 0.492 e. The SMILES string of the molecule is CCOc1cc2c(cc1NC(=O)c1ccc(S(=O)(=O)C(F)F)cc1)OC(C)C2. The number of amides is 1. The summed E-state index contributed by atoms with van der Waals surface area (Å²) in [7, 11) is -4.71. The van der Waals surface area contributed by atoms with Crippen LogP contribution in [-0.4, -0.2) is 32.8 Å². The van der Waals surface area contributed by atoms with Crippen LogP contribution in [0.3, 0.4) is 0 Å². The van der Waals surface area contributed by atoms with Crippen LogP contribution in [0.2, 0.25) is 0 Å². The van der Waals surface area contributed by atoms with E-state index in [0.717, 1.165) is 24.1 Å². The number of hydrogen-bond acceptors (Lipinski definition) is 5. The number of hydrogen-bond donors (Lipinski definition) is 1. The summed E-state index contributed by atoms with van der Waals surface area (Å²) in [4.78, 5) is 12.0. The Morgan fingerprint density at radius 3 is 2.57 bits per heavy atom. The van der Waals surface area contributed by atoms with Gasteiger partial charge in [0.1, 0.15) is 17.6 Å². The first-order chi connectivity index (χ1) is 13.2. The normalized spacial score (nSPS) is 15.8. The minimum absolute atomic E-state index is 0.0276. The van der Waals surface area contributed by atoms with Crippen LogP contribution in [-0.2, 0) is 16.3 Å². The smallest absolute Gasteiger partial charge is 0.341 e. The number of ether oxygens (including phenoxy) is 2. The van der Waals surface area contributed by atoms with Crippen molar-refractivity contribution in [3.05, 3.63) is 47.5 Å². The third kappa shape index (κ3) is 3.94. The summed E-state index contributed by atoms with van der Waals surface area (Å²) in [6.07, 6.45) is 0.767. The maximum atomic E-state index is 12.6. The second-order valence-corrected chi connectivity index (χ2v) is 8.22. The van der Waals surface area contributed by atoms with Crippen molar-refractivity contribution in [2.45, 2.75) is 37.0 Å². The molecule has 0 spiro atoms. The Balaban J connectivity index is 1.84. The van der Waals surface area contributed by atoms with Crippen LogP contribution in [0.15, 0.2) is 41.3 Å². The first-order valence-electron chi connectivity index (χ1n) is 8.62. The Morgan fingerprint density at radius 1 is 1.29 bits per heavy atom. The summed E-state index contributed by atoms with van der Waals surface area (Å²) in [6.45, 7) is 4.16. The van der Waals surface area contributed by atoms with Crippen LogP contribution < -0.4 is 14.8 Å². The molecule has 0 fully saturated rings. The van der Waals surface area contributed by atoms with Gasteiger partial charge in [-0.3, -0.25) is 4.79 Å². The summed E-state index contributed by atoms with van der Waals surface area (Å²) in [5.74, 6) is -2.91. The Labute approximate surface area is 161 Å². The van der Waals surface area contributed by atoms with E-state index < -0.39 is 26.4 Å². The Kier molecular flexibility index (Phi) is 5.55. The molecular weight excluding hydrogens is 392 g/mol. The molecule has 1 aliphatic rings. The van der Waals surface area contributed by atoms with Crippen LogP contribution in [0.25, 0.3) is 0 Å². The van der Waals surface area contributed by atoms with Crippen molar-refractivity contribution >= 4 is 21.4 Å². The maximum Gasteiger partial charge on any atom is 0.341 e. The number of nitrogens with one attached hydrogen (secondary N) is 1. The third-order valence-electron chi connectivity index (χ3n) is 4.23. The van der Waals surface area contributed by atoms with Gasteiger partial charge in [-0.2, -0.15) is 8.78 Å². The predicted molar refractivity (Wildman–Crippen MR) is 99.0 cm³/mol. The molecule has 1 unspecified atom stereocenters. The number of carbonyl (C=O) groups excluding carboxylic acids is 1. The fourth-order valence-corrected chi connectivity index (χ4v) is 3.63. The fourth-order valence-electron chi connectivity index (χ4n) is 2.91. The Morgan fingerprint density at radius 2 is 1.96 bits per heavy atom. The molecule has 3 rings (SSSR count). The minimum Gasteiger partial charge on any atom is -0.492 e. The highest BCUT2D eigenvalue weighted by Gasteiger charge is 2.27. The topological polar surface area (TPSA) is 81.7 Å². The molecule has 0 bridgehead atoms. The summed E-state index contributed by atoms with van der Waals surface area (Å²) in [6, 6.07) is 7.81. The van der Waals surface area contributed by atoms with Crippen molar-refractivity contribution in [2.24, 2.45) is 0 Å². The Bertz CT molecular complexity index is 990. The van der Waals surface area contributed by atoms with Gasteiger partial charge < -0.3 is 14.8 Å². The van der Waals surface area contributed by atoms with E-state index in [1.165, 1.54) is 12.1 Å². The van der Waals surface area contributed by atoms with Crippen LogP contribution in [0.4, 0.5) is 14.5 Å². The van der Waals surface area contributed by atoms with Gasteiger partial charge in [0.05, 0.1) is 17.2 Å². The zero-order valence-electron chi connectivity index (χ0n) is 15.2. The summed E-state index contributed by atoms with van der Waals surface area (Å²) in [5, 5.41) is 2.70. The molecule has 150 valence electrons. The summed E-state index contributed by atoms with van der Waals surface area (Å²) >= 11 is 0. The van der Waals surface area contributed by atoms with E-state index in [9.17, 15) is 22.0 Å². The van der Waals surface area contributed by atoms with E-state index in [-0.39, 0.29) is 11.7 Å². The van der Waals surface area contributed by atoms with Crippen molar-refractivity contribution in [1.82, 2.24) is 0 Å². The molecule has 2 aromatic carbocycles. The van der Waals surface area contributed by atoms with Gasteiger partial charge >= 0.3 is 5.76 Å². The lowest BCUT2D eigenvalue weighted by atomic mass is 10.1. The van der Waals surface area contributed by atoms with Crippen molar-refractivity contribution in [3.8, 4) is 11.5 Å². The molecule has 0 aromatic heterocycles. The second-order valence-electron chi connectivity index (χ2n) is 6.31. The van der Waals surface area contributed by atoms with E-state index in [0.29, 0.717) is 23.8 Å². The number of carbonyl (C=O) groups is 1. The zero-order chi connectivity index (χ0) is 20.5. The molecule has 1 heterocycles. The molecule has 1 N–H and O–H groups in total. The highest BCUT2D eigenvalue weighted by molar-refractivity contribution is 7.91. The average molecular weight is 411 g/mol. The van der Waals surface area contributed by atoms with Crippen LogP contribution in [0.1, 0.15) is 29.8 Å². The number of sulfone groups is 1. The highest BCUT2D eigenvalue weighted by Crippen LogP contribution is 2.38. The van der Waals surface area contributed by atoms with Gasteiger partial charge in [-0.15, -0.1) is 0 Å². The van der Waals surface area contributed by atoms with Gasteiger partial charge in [-0.1, -0.05) is 0 Å². The van der Waals surface area contributed by atoms with E-state index in [4.69, 9.17) is 9.47 Å². The molecule has 1 amide bonds. The predicted octanol–water partition coefficient (Wildman–Crippen LogP) is 3.66. The van der Waals surface area contributed by atoms with Gasteiger partial charge in [0.2, 0.25) is 9.84 Å². The first kappa shape index (κ1) is 20.1. The van der Waals surface area contributed by atoms with Crippen molar-refractivity contribution in [3.63, 3.8) is 0 Å². The van der Waals surface area contributed by atoms with E-state index in [1.54, 1.807) is 6.07 Å². The van der Waals surface area contributed by atoms with Crippen LogP contribution >= 0.6 is 0 Å². The molecule has 1 atom stereocenters. The van der Waals surface area contributed by atoms with Gasteiger partial charge in [0.25, 0.3) is 5.91 Å². The first-order valence-corrected chi connectivity index (χ1v) is 10.2. The Hall–Kier alpha value is -2.68. The van der Waals surface area contributed by atoms with E-state index >= 15 is 0 Å². The van der Waals surface area contributed by atoms with Crippen molar-refractivity contribution < 1.29 is 31.5 Å². The minimum atomic E-state index is -4.71. The monoisotopic (exact) mass is 411 g/mol. The number of benzene rings is 2. The van der Waals surface area contributed by atoms with Gasteiger partial charge in [-0.25, -0.2) is 8.42 Å². The van der Waals surface area contributed by atoms with Crippen molar-refractivity contribution in [2.75, 3.05) is 11.9 Å². The van der Waals surface area contributed by atoms with Crippen molar-refractivity contribution in [1.29, 1.82) is 0 Å².